The van der Waals surface area contributed by atoms with Gasteiger partial charge in [-0.1, -0.05) is 35.0 Å². The van der Waals surface area contributed by atoms with Crippen molar-refractivity contribution in [3.05, 3.63) is 52.4 Å². The second-order valence-corrected chi connectivity index (χ2v) is 4.39. The molecule has 0 aliphatic rings. The fraction of sp³-hybridized carbons (Fsp3) is 0.286. The molecule has 0 fully saturated rings. The van der Waals surface area contributed by atoms with Crippen LogP contribution in [0.4, 0.5) is 0 Å². The summed E-state index contributed by atoms with van der Waals surface area (Å²) in [7, 11) is 0. The molecule has 20 heavy (non-hydrogen) atoms. The van der Waals surface area contributed by atoms with E-state index < -0.39 is 5.97 Å². The van der Waals surface area contributed by atoms with E-state index in [1.54, 1.807) is 13.0 Å². The smallest absolute Gasteiger partial charge is 0.360 e. The van der Waals surface area contributed by atoms with Crippen molar-refractivity contribution in [1.29, 1.82) is 0 Å². The van der Waals surface area contributed by atoms with Crippen LogP contribution in [0.25, 0.3) is 0 Å². The molecular formula is C14H14ClNO4. The second-order valence-electron chi connectivity index (χ2n) is 3.98. The first-order valence-electron chi connectivity index (χ1n) is 6.14. The molecule has 2 rings (SSSR count). The minimum atomic E-state index is -0.506. The lowest BCUT2D eigenvalue weighted by atomic mass is 10.2. The summed E-state index contributed by atoms with van der Waals surface area (Å²) in [5, 5.41) is 4.27. The number of benzene rings is 1. The van der Waals surface area contributed by atoms with Crippen molar-refractivity contribution < 1.29 is 18.8 Å². The van der Waals surface area contributed by atoms with E-state index in [0.29, 0.717) is 24.0 Å². The SMILES string of the molecule is CCOC(=O)c1cc(COCc2ccccc2Cl)on1. The van der Waals surface area contributed by atoms with Crippen LogP contribution in [0.1, 0.15) is 28.7 Å². The highest BCUT2D eigenvalue weighted by atomic mass is 35.5. The fourth-order valence-corrected chi connectivity index (χ4v) is 1.75. The molecule has 0 saturated heterocycles. The third-order valence-corrected chi connectivity index (χ3v) is 2.87. The van der Waals surface area contributed by atoms with Crippen LogP contribution in [0, 0.1) is 0 Å². The summed E-state index contributed by atoms with van der Waals surface area (Å²) in [6, 6.07) is 8.93. The molecule has 0 unspecified atom stereocenters. The Morgan fingerprint density at radius 1 is 1.35 bits per heavy atom. The Hall–Kier alpha value is -1.85. The molecule has 0 N–H and O–H groups in total. The van der Waals surface area contributed by atoms with Crippen molar-refractivity contribution in [2.45, 2.75) is 20.1 Å². The molecule has 1 heterocycles. The van der Waals surface area contributed by atoms with Gasteiger partial charge in [0.25, 0.3) is 0 Å². The number of carbonyl (C=O) groups excluding carboxylic acids is 1. The molecule has 106 valence electrons. The summed E-state index contributed by atoms with van der Waals surface area (Å²) in [4.78, 5) is 11.4. The van der Waals surface area contributed by atoms with Crippen LogP contribution >= 0.6 is 11.6 Å². The summed E-state index contributed by atoms with van der Waals surface area (Å²) in [5.41, 5.74) is 1.03. The highest BCUT2D eigenvalue weighted by molar-refractivity contribution is 6.31. The van der Waals surface area contributed by atoms with E-state index in [1.807, 2.05) is 18.2 Å². The average molecular weight is 296 g/mol. The summed E-state index contributed by atoms with van der Waals surface area (Å²) < 4.78 is 15.3. The van der Waals surface area contributed by atoms with Gasteiger partial charge in [-0.25, -0.2) is 4.79 Å². The summed E-state index contributed by atoms with van der Waals surface area (Å²) in [6.07, 6.45) is 0. The van der Waals surface area contributed by atoms with Gasteiger partial charge >= 0.3 is 5.97 Å². The van der Waals surface area contributed by atoms with Crippen molar-refractivity contribution in [3.8, 4) is 0 Å². The van der Waals surface area contributed by atoms with Gasteiger partial charge in [-0.05, 0) is 18.6 Å². The van der Waals surface area contributed by atoms with Crippen molar-refractivity contribution in [2.75, 3.05) is 6.61 Å². The van der Waals surface area contributed by atoms with Gasteiger partial charge in [-0.2, -0.15) is 0 Å². The molecule has 2 aromatic rings. The molecule has 0 atom stereocenters. The number of hydrogen-bond donors (Lipinski definition) is 0. The summed E-state index contributed by atoms with van der Waals surface area (Å²) in [5.74, 6) is -0.0475. The molecule has 0 bridgehead atoms. The average Bonchev–Trinajstić information content (AvgIpc) is 2.90. The summed E-state index contributed by atoms with van der Waals surface area (Å²) in [6.45, 7) is 2.59. The quantitative estimate of drug-likeness (QED) is 0.766. The van der Waals surface area contributed by atoms with Gasteiger partial charge in [0.2, 0.25) is 0 Å². The normalized spacial score (nSPS) is 10.5. The first-order valence-corrected chi connectivity index (χ1v) is 6.52. The van der Waals surface area contributed by atoms with Crippen molar-refractivity contribution in [1.82, 2.24) is 5.16 Å². The van der Waals surface area contributed by atoms with Gasteiger partial charge in [0, 0.05) is 11.1 Å². The van der Waals surface area contributed by atoms with E-state index in [-0.39, 0.29) is 12.3 Å². The molecule has 0 aliphatic heterocycles. The molecule has 0 radical (unpaired) electrons. The zero-order chi connectivity index (χ0) is 14.4. The van der Waals surface area contributed by atoms with Crippen LogP contribution in [0.15, 0.2) is 34.9 Å². The largest absolute Gasteiger partial charge is 0.461 e. The standard InChI is InChI=1S/C14H14ClNO4/c1-2-19-14(17)13-7-11(20-16-13)9-18-8-10-5-3-4-6-12(10)15/h3-7H,2,8-9H2,1H3. The Kier molecular flexibility index (Phi) is 5.15. The van der Waals surface area contributed by atoms with Gasteiger partial charge in [-0.15, -0.1) is 0 Å². The minimum Gasteiger partial charge on any atom is -0.461 e. The van der Waals surface area contributed by atoms with E-state index in [2.05, 4.69) is 5.16 Å². The third kappa shape index (κ3) is 3.82. The number of ether oxygens (including phenoxy) is 2. The number of aromatic nitrogens is 1. The highest BCUT2D eigenvalue weighted by Gasteiger charge is 2.13. The predicted octanol–water partition coefficient (Wildman–Crippen LogP) is 3.22. The lowest BCUT2D eigenvalue weighted by Crippen LogP contribution is -2.04. The molecular weight excluding hydrogens is 282 g/mol. The Morgan fingerprint density at radius 3 is 2.90 bits per heavy atom. The fourth-order valence-electron chi connectivity index (χ4n) is 1.56. The predicted molar refractivity (Wildman–Crippen MR) is 72.4 cm³/mol. The van der Waals surface area contributed by atoms with E-state index in [0.717, 1.165) is 5.56 Å². The van der Waals surface area contributed by atoms with Gasteiger partial charge in [0.15, 0.2) is 11.5 Å². The monoisotopic (exact) mass is 295 g/mol. The van der Waals surface area contributed by atoms with Gasteiger partial charge < -0.3 is 14.0 Å². The molecule has 0 saturated carbocycles. The van der Waals surface area contributed by atoms with Crippen molar-refractivity contribution in [2.24, 2.45) is 0 Å². The first-order chi connectivity index (χ1) is 9.70. The molecule has 0 spiro atoms. The Bertz CT molecular complexity index is 582. The molecule has 0 amide bonds. The van der Waals surface area contributed by atoms with Gasteiger partial charge in [0.1, 0.15) is 6.61 Å². The molecule has 5 nitrogen and oxygen atoms in total. The third-order valence-electron chi connectivity index (χ3n) is 2.50. The first kappa shape index (κ1) is 14.6. The van der Waals surface area contributed by atoms with Crippen molar-refractivity contribution >= 4 is 17.6 Å². The number of halogens is 1. The van der Waals surface area contributed by atoms with Crippen LogP contribution in [0.3, 0.4) is 0 Å². The van der Waals surface area contributed by atoms with E-state index >= 15 is 0 Å². The van der Waals surface area contributed by atoms with E-state index in [4.69, 9.17) is 25.6 Å². The number of rotatable bonds is 6. The highest BCUT2D eigenvalue weighted by Crippen LogP contribution is 2.16. The van der Waals surface area contributed by atoms with Crippen LogP contribution in [-0.4, -0.2) is 17.7 Å². The zero-order valence-corrected chi connectivity index (χ0v) is 11.7. The Labute approximate surface area is 121 Å². The number of hydrogen-bond acceptors (Lipinski definition) is 5. The lowest BCUT2D eigenvalue weighted by molar-refractivity contribution is 0.0513. The lowest BCUT2D eigenvalue weighted by Gasteiger charge is -2.03. The number of esters is 1. The second kappa shape index (κ2) is 7.07. The van der Waals surface area contributed by atoms with Crippen LogP contribution in [-0.2, 0) is 22.7 Å². The van der Waals surface area contributed by atoms with Crippen LogP contribution < -0.4 is 0 Å². The van der Waals surface area contributed by atoms with Crippen molar-refractivity contribution in [3.63, 3.8) is 0 Å². The Morgan fingerprint density at radius 2 is 2.15 bits per heavy atom. The number of nitrogens with zero attached hydrogens (tertiary/aromatic N) is 1. The van der Waals surface area contributed by atoms with E-state index in [1.165, 1.54) is 6.07 Å². The van der Waals surface area contributed by atoms with Crippen LogP contribution in [0.5, 0.6) is 0 Å². The summed E-state index contributed by atoms with van der Waals surface area (Å²) >= 11 is 6.01. The molecule has 0 aliphatic carbocycles. The van der Waals surface area contributed by atoms with Gasteiger partial charge in [0.05, 0.1) is 13.2 Å². The molecule has 6 heteroatoms. The Balaban J connectivity index is 1.86. The van der Waals surface area contributed by atoms with E-state index in [9.17, 15) is 4.79 Å². The maximum Gasteiger partial charge on any atom is 0.360 e. The molecule has 1 aromatic heterocycles. The number of carbonyl (C=O) groups is 1. The minimum absolute atomic E-state index is 0.142. The maximum atomic E-state index is 11.4. The molecule has 1 aromatic carbocycles. The maximum absolute atomic E-state index is 11.4. The zero-order valence-electron chi connectivity index (χ0n) is 11.0. The topological polar surface area (TPSA) is 61.6 Å². The van der Waals surface area contributed by atoms with Gasteiger partial charge in [-0.3, -0.25) is 0 Å². The van der Waals surface area contributed by atoms with Crippen LogP contribution in [0.2, 0.25) is 5.02 Å².